The topological polar surface area (TPSA) is 74.2 Å². The second-order valence-electron chi connectivity index (χ2n) is 7.36. The van der Waals surface area contributed by atoms with Gasteiger partial charge in [-0.3, -0.25) is 0 Å². The van der Waals surface area contributed by atoms with E-state index in [0.29, 0.717) is 32.0 Å². The predicted molar refractivity (Wildman–Crippen MR) is 118 cm³/mol. The summed E-state index contributed by atoms with van der Waals surface area (Å²) >= 11 is 0. The van der Waals surface area contributed by atoms with Crippen LogP contribution in [-0.4, -0.2) is 49.9 Å². The Balaban J connectivity index is 2.54. The average molecular weight is 425 g/mol. The molecule has 0 fully saturated rings. The molecule has 0 amide bonds. The maximum atomic E-state index is 12.2. The van der Waals surface area contributed by atoms with Crippen molar-refractivity contribution in [3.63, 3.8) is 0 Å². The van der Waals surface area contributed by atoms with Gasteiger partial charge in [0, 0.05) is 13.0 Å². The molecule has 6 nitrogen and oxygen atoms in total. The lowest BCUT2D eigenvalue weighted by molar-refractivity contribution is -0.218. The molecule has 1 rings (SSSR count). The molecule has 0 saturated carbocycles. The molecule has 1 aromatic rings. The maximum absolute atomic E-state index is 12.2. The molecule has 6 heteroatoms. The van der Waals surface area contributed by atoms with Crippen LogP contribution >= 0.6 is 0 Å². The normalized spacial score (nSPS) is 13.1. The molecule has 0 radical (unpaired) electrons. The molecule has 0 aromatic heterocycles. The van der Waals surface area contributed by atoms with Crippen molar-refractivity contribution in [2.45, 2.75) is 77.4 Å². The lowest BCUT2D eigenvalue weighted by Crippen LogP contribution is -2.48. The average Bonchev–Trinajstić information content (AvgIpc) is 2.75. The monoisotopic (exact) mass is 424 g/mol. The number of carboxylic acid groups (broad SMARTS) is 1. The molecule has 1 N–H and O–H groups in total. The Morgan fingerprint density at radius 1 is 0.833 bits per heavy atom. The first-order valence-corrected chi connectivity index (χ1v) is 11.4. The van der Waals surface area contributed by atoms with Crippen molar-refractivity contribution >= 4 is 5.97 Å². The summed E-state index contributed by atoms with van der Waals surface area (Å²) in [6.07, 6.45) is 9.33. The molecule has 0 aliphatic rings. The van der Waals surface area contributed by atoms with Crippen molar-refractivity contribution in [2.75, 3.05) is 33.0 Å². The largest absolute Gasteiger partial charge is 0.476 e. The number of hydrogen-bond acceptors (Lipinski definition) is 5. The van der Waals surface area contributed by atoms with Crippen LogP contribution in [0.5, 0.6) is 5.75 Å². The summed E-state index contributed by atoms with van der Waals surface area (Å²) in [7, 11) is 0. The summed E-state index contributed by atoms with van der Waals surface area (Å²) in [5.41, 5.74) is 0. The summed E-state index contributed by atoms with van der Waals surface area (Å²) in [5.74, 6) is -2.33. The molecule has 0 saturated heterocycles. The number of benzene rings is 1. The van der Waals surface area contributed by atoms with E-state index in [0.717, 1.165) is 19.3 Å². The van der Waals surface area contributed by atoms with Gasteiger partial charge in [0.1, 0.15) is 5.75 Å². The fourth-order valence-corrected chi connectivity index (χ4v) is 3.17. The SMILES string of the molecule is CCCCCCCCCCC(OCCOCCOCC)(Oc1ccccc1)C(=O)O. The van der Waals surface area contributed by atoms with Crippen molar-refractivity contribution in [1.29, 1.82) is 0 Å². The lowest BCUT2D eigenvalue weighted by Gasteiger charge is -2.30. The van der Waals surface area contributed by atoms with Gasteiger partial charge in [-0.25, -0.2) is 4.79 Å². The van der Waals surface area contributed by atoms with E-state index < -0.39 is 11.8 Å². The number of carboxylic acids is 1. The number of ether oxygens (including phenoxy) is 4. The number of para-hydroxylation sites is 1. The standard InChI is InChI=1S/C24H40O6/c1-3-5-6-7-8-9-10-14-17-24(23(25)26,30-22-15-12-11-13-16-22)29-21-20-28-19-18-27-4-2/h11-13,15-16H,3-10,14,17-21H2,1-2H3,(H,25,26). The van der Waals surface area contributed by atoms with Crippen molar-refractivity contribution in [3.05, 3.63) is 30.3 Å². The fourth-order valence-electron chi connectivity index (χ4n) is 3.17. The van der Waals surface area contributed by atoms with Crippen LogP contribution in [0.3, 0.4) is 0 Å². The zero-order valence-electron chi connectivity index (χ0n) is 18.8. The van der Waals surface area contributed by atoms with Crippen molar-refractivity contribution in [1.82, 2.24) is 0 Å². The van der Waals surface area contributed by atoms with E-state index in [1.807, 2.05) is 25.1 Å². The van der Waals surface area contributed by atoms with Crippen molar-refractivity contribution in [2.24, 2.45) is 0 Å². The fraction of sp³-hybridized carbons (Fsp3) is 0.708. The minimum absolute atomic E-state index is 0.141. The Bertz CT molecular complexity index is 536. The first kappa shape index (κ1) is 26.4. The molecule has 30 heavy (non-hydrogen) atoms. The molecule has 0 aliphatic carbocycles. The third kappa shape index (κ3) is 11.5. The third-order valence-electron chi connectivity index (χ3n) is 4.85. The van der Waals surface area contributed by atoms with E-state index in [-0.39, 0.29) is 13.2 Å². The summed E-state index contributed by atoms with van der Waals surface area (Å²) in [6, 6.07) is 8.98. The Labute approximate surface area is 181 Å². The Morgan fingerprint density at radius 3 is 2.07 bits per heavy atom. The highest BCUT2D eigenvalue weighted by molar-refractivity contribution is 5.76. The number of aliphatic carboxylic acids is 1. The highest BCUT2D eigenvalue weighted by Gasteiger charge is 2.42. The summed E-state index contributed by atoms with van der Waals surface area (Å²) < 4.78 is 22.3. The van der Waals surface area contributed by atoms with E-state index in [2.05, 4.69) is 6.92 Å². The molecular weight excluding hydrogens is 384 g/mol. The van der Waals surface area contributed by atoms with Gasteiger partial charge in [-0.1, -0.05) is 70.1 Å². The summed E-state index contributed by atoms with van der Waals surface area (Å²) in [5, 5.41) is 9.95. The van der Waals surface area contributed by atoms with Crippen LogP contribution in [0.15, 0.2) is 30.3 Å². The molecule has 0 spiro atoms. The number of hydrogen-bond donors (Lipinski definition) is 1. The van der Waals surface area contributed by atoms with E-state index >= 15 is 0 Å². The van der Waals surface area contributed by atoms with E-state index in [9.17, 15) is 9.90 Å². The number of carbonyl (C=O) groups is 1. The van der Waals surface area contributed by atoms with E-state index in [1.54, 1.807) is 12.1 Å². The highest BCUT2D eigenvalue weighted by Crippen LogP contribution is 2.26. The van der Waals surface area contributed by atoms with Gasteiger partial charge in [0.25, 0.3) is 0 Å². The van der Waals surface area contributed by atoms with Gasteiger partial charge in [-0.2, -0.15) is 0 Å². The van der Waals surface area contributed by atoms with Gasteiger partial charge >= 0.3 is 11.8 Å². The molecule has 0 bridgehead atoms. The first-order chi connectivity index (χ1) is 14.6. The zero-order valence-corrected chi connectivity index (χ0v) is 18.8. The maximum Gasteiger partial charge on any atom is 0.377 e. The molecule has 0 heterocycles. The first-order valence-electron chi connectivity index (χ1n) is 11.4. The minimum atomic E-state index is -1.70. The van der Waals surface area contributed by atoms with Crippen LogP contribution in [-0.2, 0) is 19.0 Å². The van der Waals surface area contributed by atoms with Gasteiger partial charge < -0.3 is 24.1 Å². The van der Waals surface area contributed by atoms with Crippen LogP contribution in [0.25, 0.3) is 0 Å². The lowest BCUT2D eigenvalue weighted by atomic mass is 10.0. The molecule has 172 valence electrons. The molecule has 1 aromatic carbocycles. The molecule has 1 atom stereocenters. The Morgan fingerprint density at radius 2 is 1.43 bits per heavy atom. The van der Waals surface area contributed by atoms with Gasteiger partial charge in [-0.15, -0.1) is 0 Å². The van der Waals surface area contributed by atoms with Crippen LogP contribution in [0, 0.1) is 0 Å². The zero-order chi connectivity index (χ0) is 21.9. The van der Waals surface area contributed by atoms with Crippen LogP contribution < -0.4 is 4.74 Å². The second-order valence-corrected chi connectivity index (χ2v) is 7.36. The van der Waals surface area contributed by atoms with Gasteiger partial charge in [0.15, 0.2) is 0 Å². The van der Waals surface area contributed by atoms with Gasteiger partial charge in [0.2, 0.25) is 0 Å². The minimum Gasteiger partial charge on any atom is -0.476 e. The van der Waals surface area contributed by atoms with Crippen LogP contribution in [0.2, 0.25) is 0 Å². The van der Waals surface area contributed by atoms with Crippen molar-refractivity contribution in [3.8, 4) is 5.75 Å². The Hall–Kier alpha value is -1.63. The van der Waals surface area contributed by atoms with Gasteiger partial charge in [0.05, 0.1) is 26.4 Å². The highest BCUT2D eigenvalue weighted by atomic mass is 16.7. The third-order valence-corrected chi connectivity index (χ3v) is 4.85. The molecule has 1 unspecified atom stereocenters. The number of unbranched alkanes of at least 4 members (excludes halogenated alkanes) is 7. The van der Waals surface area contributed by atoms with Crippen LogP contribution in [0.1, 0.15) is 71.6 Å². The summed E-state index contributed by atoms with van der Waals surface area (Å²) in [4.78, 5) is 12.2. The molecular formula is C24H40O6. The quantitative estimate of drug-likeness (QED) is 0.222. The second kappa shape index (κ2) is 17.1. The van der Waals surface area contributed by atoms with E-state index in [1.165, 1.54) is 32.1 Å². The Kier molecular flexibility index (Phi) is 15.0. The summed E-state index contributed by atoms with van der Waals surface area (Å²) in [6.45, 7) is 6.18. The van der Waals surface area contributed by atoms with Gasteiger partial charge in [-0.05, 0) is 25.5 Å². The smallest absolute Gasteiger partial charge is 0.377 e. The number of rotatable bonds is 20. The molecule has 0 aliphatic heterocycles. The van der Waals surface area contributed by atoms with Crippen LogP contribution in [0.4, 0.5) is 0 Å². The predicted octanol–water partition coefficient (Wildman–Crippen LogP) is 5.45. The van der Waals surface area contributed by atoms with E-state index in [4.69, 9.17) is 18.9 Å². The van der Waals surface area contributed by atoms with Crippen molar-refractivity contribution < 1.29 is 28.8 Å².